The van der Waals surface area contributed by atoms with Crippen LogP contribution in [0.5, 0.6) is 0 Å². The molecule has 1 aromatic rings. The molecule has 0 bridgehead atoms. The Labute approximate surface area is 95.4 Å². The summed E-state index contributed by atoms with van der Waals surface area (Å²) in [5.41, 5.74) is 4.97. The Morgan fingerprint density at radius 1 is 1.53 bits per heavy atom. The number of amides is 1. The highest BCUT2D eigenvalue weighted by Gasteiger charge is 2.43. The third-order valence-electron chi connectivity index (χ3n) is 2.51. The highest BCUT2D eigenvalue weighted by Crippen LogP contribution is 2.28. The fraction of sp³-hybridized carbons (Fsp3) is 0.625. The Bertz CT molecular complexity index is 422. The molecule has 1 aromatic heterocycles. The Morgan fingerprint density at radius 3 is 2.71 bits per heavy atom. The molecule has 2 heterocycles. The number of ether oxygens (including phenoxy) is 1. The van der Waals surface area contributed by atoms with Crippen LogP contribution in [0.25, 0.3) is 0 Å². The first-order chi connectivity index (χ1) is 8.04. The number of carbonyl (C=O) groups excluding carboxylic acids is 1. The lowest BCUT2D eigenvalue weighted by Gasteiger charge is -2.13. The normalized spacial score (nSPS) is 32.9. The molecule has 9 nitrogen and oxygen atoms in total. The van der Waals surface area contributed by atoms with E-state index in [1.807, 2.05) is 0 Å². The van der Waals surface area contributed by atoms with Crippen LogP contribution in [0.4, 0.5) is 0 Å². The van der Waals surface area contributed by atoms with Gasteiger partial charge in [0.15, 0.2) is 6.23 Å². The number of hydrogen-bond donors (Lipinski definition) is 4. The molecule has 1 amide bonds. The van der Waals surface area contributed by atoms with E-state index in [1.165, 1.54) is 0 Å². The summed E-state index contributed by atoms with van der Waals surface area (Å²) in [5.74, 6) is -1.03. The lowest BCUT2D eigenvalue weighted by Crippen LogP contribution is -2.33. The van der Waals surface area contributed by atoms with Crippen LogP contribution < -0.4 is 5.73 Å². The molecular formula is C8H12N4O5. The molecule has 1 aliphatic rings. The van der Waals surface area contributed by atoms with E-state index in [0.29, 0.717) is 0 Å². The lowest BCUT2D eigenvalue weighted by molar-refractivity contribution is -0.0588. The molecule has 0 radical (unpaired) electrons. The SMILES string of the molecule is N[13C](=O)[13c]1nn([C@H]2O[C@@H](CO)[C@H](O)[C@@H]2O)[13cH][15n]1. The topological polar surface area (TPSA) is 144 Å². The first-order valence-corrected chi connectivity index (χ1v) is 4.88. The van der Waals surface area contributed by atoms with E-state index in [1.54, 1.807) is 0 Å². The number of carbonyl (C=O) groups is 1. The van der Waals surface area contributed by atoms with Gasteiger partial charge in [-0.05, 0) is 0 Å². The number of aromatic nitrogens is 3. The zero-order valence-electron chi connectivity index (χ0n) is 8.67. The predicted octanol–water partition coefficient (Wildman–Crippen LogP) is -3.01. The van der Waals surface area contributed by atoms with E-state index in [-0.39, 0.29) is 5.82 Å². The number of aliphatic hydroxyl groups excluding tert-OH is 3. The molecule has 94 valence electrons. The molecule has 0 spiro atoms. The second kappa shape index (κ2) is 4.37. The molecule has 0 saturated carbocycles. The van der Waals surface area contributed by atoms with Gasteiger partial charge in [0.2, 0.25) is 5.82 Å². The predicted molar refractivity (Wildman–Crippen MR) is 51.5 cm³/mol. The van der Waals surface area contributed by atoms with Crippen LogP contribution in [0.3, 0.4) is 0 Å². The number of hydrogen-bond acceptors (Lipinski definition) is 7. The zero-order valence-corrected chi connectivity index (χ0v) is 8.67. The summed E-state index contributed by atoms with van der Waals surface area (Å²) in [5, 5.41) is 31.8. The van der Waals surface area contributed by atoms with E-state index < -0.39 is 37.1 Å². The van der Waals surface area contributed by atoms with Crippen molar-refractivity contribution >= 4 is 5.91 Å². The fourth-order valence-corrected chi connectivity index (χ4v) is 1.61. The summed E-state index contributed by atoms with van der Waals surface area (Å²) >= 11 is 0. The number of aliphatic hydroxyl groups is 3. The van der Waals surface area contributed by atoms with Crippen molar-refractivity contribution < 1.29 is 24.9 Å². The minimum atomic E-state index is -1.27. The molecule has 0 aliphatic carbocycles. The molecule has 0 unspecified atom stereocenters. The van der Waals surface area contributed by atoms with Crippen molar-refractivity contribution in [2.75, 3.05) is 6.61 Å². The van der Waals surface area contributed by atoms with Gasteiger partial charge in [0.1, 0.15) is 24.6 Å². The van der Waals surface area contributed by atoms with Crippen molar-refractivity contribution in [1.29, 1.82) is 0 Å². The first-order valence-electron chi connectivity index (χ1n) is 4.88. The van der Waals surface area contributed by atoms with Crippen molar-refractivity contribution in [2.45, 2.75) is 24.5 Å². The minimum Gasteiger partial charge on any atom is -0.394 e. The second-order valence-electron chi connectivity index (χ2n) is 3.64. The van der Waals surface area contributed by atoms with Gasteiger partial charge in [-0.2, -0.15) is 0 Å². The number of nitrogens with zero attached hydrogens (tertiary/aromatic N) is 3. The Morgan fingerprint density at radius 2 is 2.24 bits per heavy atom. The highest BCUT2D eigenvalue weighted by molar-refractivity contribution is 5.88. The Hall–Kier alpha value is -1.55. The highest BCUT2D eigenvalue weighted by atomic mass is 16.6. The summed E-state index contributed by atoms with van der Waals surface area (Å²) in [6, 6.07) is 0. The van der Waals surface area contributed by atoms with Gasteiger partial charge >= 0.3 is 0 Å². The first kappa shape index (κ1) is 11.9. The second-order valence-corrected chi connectivity index (χ2v) is 3.64. The number of rotatable bonds is 3. The van der Waals surface area contributed by atoms with Gasteiger partial charge in [-0.15, -0.1) is 5.10 Å². The zero-order chi connectivity index (χ0) is 12.6. The maximum atomic E-state index is 10.8. The maximum Gasteiger partial charge on any atom is 0.288 e. The van der Waals surface area contributed by atoms with Crippen molar-refractivity contribution in [3.8, 4) is 0 Å². The van der Waals surface area contributed by atoms with E-state index in [9.17, 15) is 15.0 Å². The average Bonchev–Trinajstić information content (AvgIpc) is 2.87. The van der Waals surface area contributed by atoms with Crippen molar-refractivity contribution in [3.63, 3.8) is 0 Å². The van der Waals surface area contributed by atoms with Crippen LogP contribution in [0, 0.1) is 0 Å². The summed E-state index contributed by atoms with van der Waals surface area (Å²) in [6.45, 7) is -0.438. The van der Waals surface area contributed by atoms with Gasteiger partial charge in [-0.1, -0.05) is 0 Å². The number of primary amides is 1. The van der Waals surface area contributed by atoms with Gasteiger partial charge in [0.05, 0.1) is 6.61 Å². The molecule has 9 heteroatoms. The standard InChI is InChI=1S/C8H12N4O5/c9-6(16)7-10-2-12(11-7)8-5(15)4(14)3(1-13)17-8/h2-5,8,13-15H,1H2,(H2,9,16)/t3-,4-,5-,8-/m0/s1/i2+1,6+1,7+1,10+1. The largest absolute Gasteiger partial charge is 0.394 e. The summed E-state index contributed by atoms with van der Waals surface area (Å²) in [4.78, 5) is 14.4. The van der Waals surface area contributed by atoms with E-state index >= 15 is 0 Å². The molecule has 2 rings (SSSR count). The quantitative estimate of drug-likeness (QED) is 0.417. The van der Waals surface area contributed by atoms with E-state index in [4.69, 9.17) is 15.6 Å². The minimum absolute atomic E-state index is 0.220. The van der Waals surface area contributed by atoms with Gasteiger partial charge in [-0.25, -0.2) is 9.67 Å². The van der Waals surface area contributed by atoms with E-state index in [0.717, 1.165) is 11.0 Å². The molecule has 17 heavy (non-hydrogen) atoms. The monoisotopic (exact) mass is 248 g/mol. The molecule has 1 saturated heterocycles. The third kappa shape index (κ3) is 2.00. The lowest BCUT2D eigenvalue weighted by atomic mass is 10.1. The average molecular weight is 248 g/mol. The van der Waals surface area contributed by atoms with Crippen molar-refractivity contribution in [2.24, 2.45) is 5.73 Å². The molecule has 5 N–H and O–H groups in total. The number of nitrogens with two attached hydrogens (primary N) is 1. The third-order valence-corrected chi connectivity index (χ3v) is 2.51. The maximum absolute atomic E-state index is 10.8. The summed E-state index contributed by atoms with van der Waals surface area (Å²) in [6.07, 6.45) is -3.26. The summed E-state index contributed by atoms with van der Waals surface area (Å²) < 4.78 is 6.25. The fourth-order valence-electron chi connectivity index (χ4n) is 1.61. The van der Waals surface area contributed by atoms with Crippen LogP contribution in [0.2, 0.25) is 0 Å². The smallest absolute Gasteiger partial charge is 0.288 e. The molecule has 4 atom stereocenters. The molecule has 1 fully saturated rings. The molecule has 0 aromatic carbocycles. The van der Waals surface area contributed by atoms with Gasteiger partial charge < -0.3 is 25.8 Å². The van der Waals surface area contributed by atoms with Gasteiger partial charge in [-0.3, -0.25) is 4.79 Å². The molecular weight excluding hydrogens is 236 g/mol. The Balaban J connectivity index is 2.19. The van der Waals surface area contributed by atoms with Crippen LogP contribution >= 0.6 is 0 Å². The van der Waals surface area contributed by atoms with Crippen molar-refractivity contribution in [3.05, 3.63) is 12.2 Å². The van der Waals surface area contributed by atoms with Crippen LogP contribution in [0.1, 0.15) is 16.8 Å². The van der Waals surface area contributed by atoms with Crippen LogP contribution in [0.15, 0.2) is 6.33 Å². The van der Waals surface area contributed by atoms with Crippen LogP contribution in [-0.2, 0) is 4.74 Å². The van der Waals surface area contributed by atoms with Gasteiger partial charge in [0, 0.05) is 0 Å². The molecule has 1 aliphatic heterocycles. The van der Waals surface area contributed by atoms with Gasteiger partial charge in [0.25, 0.3) is 5.91 Å². The van der Waals surface area contributed by atoms with E-state index in [2.05, 4.69) is 10.1 Å². The summed E-state index contributed by atoms with van der Waals surface area (Å²) in [7, 11) is 0. The van der Waals surface area contributed by atoms with Crippen molar-refractivity contribution in [1.82, 2.24) is 14.8 Å². The Kier molecular flexibility index (Phi) is 3.07. The van der Waals surface area contributed by atoms with Crippen LogP contribution in [-0.4, -0.2) is 60.9 Å².